The molecule has 1 heterocycles. The Kier molecular flexibility index (Phi) is 6.41. The summed E-state index contributed by atoms with van der Waals surface area (Å²) in [4.78, 5) is 44.4. The summed E-state index contributed by atoms with van der Waals surface area (Å²) < 4.78 is 5.22. The predicted octanol–water partition coefficient (Wildman–Crippen LogP) is 5.36. The average Bonchev–Trinajstić information content (AvgIpc) is 3.16. The van der Waals surface area contributed by atoms with Crippen LogP contribution < -0.4 is 0 Å². The molecule has 0 N–H and O–H groups in total. The summed E-state index contributed by atoms with van der Waals surface area (Å²) in [6.45, 7) is 1.85. The SMILES string of the molecule is CCOC(=O)C(Cc1ccc(N=Cc2cccc3ccccc23)cc1)N1C(=O)c2ccccc2C1=O. The number of hydrogen-bond acceptors (Lipinski definition) is 5. The lowest BCUT2D eigenvalue weighted by Gasteiger charge is -2.24. The molecule has 0 saturated carbocycles. The molecule has 1 atom stereocenters. The number of carbonyl (C=O) groups excluding carboxylic acids is 3. The van der Waals surface area contributed by atoms with Gasteiger partial charge in [0.05, 0.1) is 23.4 Å². The van der Waals surface area contributed by atoms with Gasteiger partial charge in [0, 0.05) is 18.2 Å². The first-order valence-corrected chi connectivity index (χ1v) is 11.8. The Morgan fingerprint density at radius 2 is 1.50 bits per heavy atom. The van der Waals surface area contributed by atoms with Gasteiger partial charge in [-0.1, -0.05) is 66.7 Å². The van der Waals surface area contributed by atoms with E-state index in [9.17, 15) is 14.4 Å². The van der Waals surface area contributed by atoms with Crippen molar-refractivity contribution in [2.24, 2.45) is 4.99 Å². The Morgan fingerprint density at radius 3 is 2.19 bits per heavy atom. The summed E-state index contributed by atoms with van der Waals surface area (Å²) in [5.41, 5.74) is 3.16. The minimum absolute atomic E-state index is 0.150. The largest absolute Gasteiger partial charge is 0.464 e. The average molecular weight is 477 g/mol. The van der Waals surface area contributed by atoms with Gasteiger partial charge < -0.3 is 4.74 Å². The highest BCUT2D eigenvalue weighted by atomic mass is 16.5. The normalized spacial score (nSPS) is 13.9. The minimum atomic E-state index is -1.05. The molecule has 0 bridgehead atoms. The minimum Gasteiger partial charge on any atom is -0.464 e. The van der Waals surface area contributed by atoms with E-state index < -0.39 is 23.8 Å². The second-order valence-corrected chi connectivity index (χ2v) is 8.49. The van der Waals surface area contributed by atoms with Crippen molar-refractivity contribution in [3.05, 3.63) is 113 Å². The molecule has 1 unspecified atom stereocenters. The van der Waals surface area contributed by atoms with Gasteiger partial charge in [-0.3, -0.25) is 19.5 Å². The molecule has 4 aromatic carbocycles. The molecule has 0 radical (unpaired) electrons. The fourth-order valence-electron chi connectivity index (χ4n) is 4.46. The van der Waals surface area contributed by atoms with Crippen LogP contribution in [0.15, 0.2) is 96.0 Å². The van der Waals surface area contributed by atoms with Crippen molar-refractivity contribution in [1.29, 1.82) is 0 Å². The molecule has 0 aliphatic carbocycles. The fraction of sp³-hybridized carbons (Fsp3) is 0.133. The third kappa shape index (κ3) is 4.41. The lowest BCUT2D eigenvalue weighted by molar-refractivity contribution is -0.147. The zero-order chi connectivity index (χ0) is 25.1. The highest BCUT2D eigenvalue weighted by Gasteiger charge is 2.43. The Bertz CT molecular complexity index is 1450. The molecule has 36 heavy (non-hydrogen) atoms. The number of hydrogen-bond donors (Lipinski definition) is 0. The van der Waals surface area contributed by atoms with Crippen molar-refractivity contribution in [3.63, 3.8) is 0 Å². The number of imide groups is 1. The third-order valence-corrected chi connectivity index (χ3v) is 6.24. The van der Waals surface area contributed by atoms with Gasteiger partial charge in [-0.15, -0.1) is 0 Å². The summed E-state index contributed by atoms with van der Waals surface area (Å²) >= 11 is 0. The van der Waals surface area contributed by atoms with Gasteiger partial charge in [0.15, 0.2) is 0 Å². The maximum Gasteiger partial charge on any atom is 0.329 e. The van der Waals surface area contributed by atoms with E-state index in [4.69, 9.17) is 4.74 Å². The molecule has 6 heteroatoms. The maximum absolute atomic E-state index is 13.0. The summed E-state index contributed by atoms with van der Waals surface area (Å²) in [6, 6.07) is 27.2. The van der Waals surface area contributed by atoms with Crippen LogP contribution >= 0.6 is 0 Å². The molecule has 0 fully saturated rings. The number of nitrogens with zero attached hydrogens (tertiary/aromatic N) is 2. The van der Waals surface area contributed by atoms with Gasteiger partial charge in [-0.05, 0) is 47.5 Å². The molecule has 0 spiro atoms. The topological polar surface area (TPSA) is 76.0 Å². The number of carbonyl (C=O) groups is 3. The molecule has 178 valence electrons. The van der Waals surface area contributed by atoms with E-state index in [1.807, 2.05) is 54.7 Å². The van der Waals surface area contributed by atoms with Crippen LogP contribution in [0.2, 0.25) is 0 Å². The standard InChI is InChI=1S/C30H24N2O4/c1-2-36-30(35)27(32-28(33)25-12-5-6-13-26(25)29(32)34)18-20-14-16-23(17-15-20)31-19-22-10-7-9-21-8-3-4-11-24(21)22/h3-17,19,27H,2,18H2,1H3. The van der Waals surface area contributed by atoms with Crippen molar-refractivity contribution in [1.82, 2.24) is 4.90 Å². The molecule has 6 nitrogen and oxygen atoms in total. The molecule has 0 saturated heterocycles. The Balaban J connectivity index is 1.37. The molecule has 1 aliphatic heterocycles. The van der Waals surface area contributed by atoms with Crippen molar-refractivity contribution in [3.8, 4) is 0 Å². The summed E-state index contributed by atoms with van der Waals surface area (Å²) in [6.07, 6.45) is 1.98. The molecule has 5 rings (SSSR count). The third-order valence-electron chi connectivity index (χ3n) is 6.24. The van der Waals surface area contributed by atoms with Gasteiger partial charge >= 0.3 is 5.97 Å². The van der Waals surface area contributed by atoms with E-state index in [0.717, 1.165) is 32.5 Å². The highest BCUT2D eigenvalue weighted by molar-refractivity contribution is 6.22. The van der Waals surface area contributed by atoms with Crippen LogP contribution in [0.25, 0.3) is 10.8 Å². The van der Waals surface area contributed by atoms with E-state index in [2.05, 4.69) is 23.2 Å². The first-order chi connectivity index (χ1) is 17.6. The highest BCUT2D eigenvalue weighted by Crippen LogP contribution is 2.27. The van der Waals surface area contributed by atoms with Crippen LogP contribution in [0.5, 0.6) is 0 Å². The monoisotopic (exact) mass is 476 g/mol. The van der Waals surface area contributed by atoms with Gasteiger partial charge in [-0.2, -0.15) is 0 Å². The van der Waals surface area contributed by atoms with Crippen molar-refractivity contribution >= 4 is 40.5 Å². The Hall–Kier alpha value is -4.58. The van der Waals surface area contributed by atoms with Gasteiger partial charge in [0.2, 0.25) is 0 Å². The van der Waals surface area contributed by atoms with Crippen LogP contribution in [0.4, 0.5) is 5.69 Å². The van der Waals surface area contributed by atoms with E-state index in [-0.39, 0.29) is 13.0 Å². The number of rotatable bonds is 7. The molecule has 2 amide bonds. The molecule has 0 aromatic heterocycles. The molecular weight excluding hydrogens is 452 g/mol. The summed E-state index contributed by atoms with van der Waals surface area (Å²) in [7, 11) is 0. The van der Waals surface area contributed by atoms with Gasteiger partial charge in [0.1, 0.15) is 6.04 Å². The van der Waals surface area contributed by atoms with Gasteiger partial charge in [-0.25, -0.2) is 4.79 Å². The number of benzene rings is 4. The van der Waals surface area contributed by atoms with Crippen LogP contribution in [-0.4, -0.2) is 41.5 Å². The number of ether oxygens (including phenoxy) is 1. The Labute approximate surface area is 208 Å². The predicted molar refractivity (Wildman–Crippen MR) is 139 cm³/mol. The van der Waals surface area contributed by atoms with Crippen molar-refractivity contribution in [2.45, 2.75) is 19.4 Å². The first kappa shape index (κ1) is 23.2. The zero-order valence-electron chi connectivity index (χ0n) is 19.8. The van der Waals surface area contributed by atoms with Crippen LogP contribution in [-0.2, 0) is 16.0 Å². The smallest absolute Gasteiger partial charge is 0.329 e. The zero-order valence-corrected chi connectivity index (χ0v) is 19.8. The molecule has 4 aromatic rings. The lowest BCUT2D eigenvalue weighted by Crippen LogP contribution is -2.47. The van der Waals surface area contributed by atoms with E-state index >= 15 is 0 Å². The fourth-order valence-corrected chi connectivity index (χ4v) is 4.46. The maximum atomic E-state index is 13.0. The number of aliphatic imine (C=N–C) groups is 1. The second kappa shape index (κ2) is 9.96. The Morgan fingerprint density at radius 1 is 0.861 bits per heavy atom. The quantitative estimate of drug-likeness (QED) is 0.204. The van der Waals surface area contributed by atoms with E-state index in [0.29, 0.717) is 11.1 Å². The molecule has 1 aliphatic rings. The van der Waals surface area contributed by atoms with Crippen LogP contribution in [0.3, 0.4) is 0 Å². The lowest BCUT2D eigenvalue weighted by atomic mass is 10.0. The van der Waals surface area contributed by atoms with Crippen LogP contribution in [0, 0.1) is 0 Å². The number of esters is 1. The van der Waals surface area contributed by atoms with Crippen molar-refractivity contribution < 1.29 is 19.1 Å². The van der Waals surface area contributed by atoms with Crippen LogP contribution in [0.1, 0.15) is 38.8 Å². The van der Waals surface area contributed by atoms with E-state index in [1.54, 1.807) is 31.2 Å². The van der Waals surface area contributed by atoms with Gasteiger partial charge in [0.25, 0.3) is 11.8 Å². The number of amides is 2. The summed E-state index contributed by atoms with van der Waals surface area (Å²) in [5, 5.41) is 2.27. The van der Waals surface area contributed by atoms with E-state index in [1.165, 1.54) is 0 Å². The molecular formula is C30H24N2O4. The first-order valence-electron chi connectivity index (χ1n) is 11.8. The van der Waals surface area contributed by atoms with Crippen molar-refractivity contribution in [2.75, 3.05) is 6.61 Å². The number of fused-ring (bicyclic) bond motifs is 2. The summed E-state index contributed by atoms with van der Waals surface area (Å²) in [5.74, 6) is -1.57. The second-order valence-electron chi connectivity index (χ2n) is 8.49.